The molecule has 4 nitrogen and oxygen atoms in total. The van der Waals surface area contributed by atoms with Crippen LogP contribution in [0.4, 0.5) is 0 Å². The highest BCUT2D eigenvalue weighted by Crippen LogP contribution is 2.30. The van der Waals surface area contributed by atoms with Crippen LogP contribution in [0.3, 0.4) is 0 Å². The minimum absolute atomic E-state index is 0.0835. The Morgan fingerprint density at radius 2 is 2.24 bits per heavy atom. The van der Waals surface area contributed by atoms with Crippen LogP contribution in [-0.2, 0) is 0 Å². The predicted molar refractivity (Wildman–Crippen MR) is 80.8 cm³/mol. The van der Waals surface area contributed by atoms with E-state index in [2.05, 4.69) is 11.4 Å². The molecule has 1 saturated heterocycles. The van der Waals surface area contributed by atoms with Crippen molar-refractivity contribution in [3.05, 3.63) is 35.4 Å². The van der Waals surface area contributed by atoms with Crippen molar-refractivity contribution in [2.24, 2.45) is 5.92 Å². The predicted octanol–water partition coefficient (Wildman–Crippen LogP) is 2.16. The van der Waals surface area contributed by atoms with E-state index in [-0.39, 0.29) is 5.91 Å². The molecule has 1 heterocycles. The number of benzene rings is 1. The van der Waals surface area contributed by atoms with E-state index in [1.54, 1.807) is 18.2 Å². The van der Waals surface area contributed by atoms with Crippen LogP contribution < -0.4 is 5.32 Å². The van der Waals surface area contributed by atoms with Crippen LogP contribution in [0.2, 0.25) is 0 Å². The lowest BCUT2D eigenvalue weighted by Gasteiger charge is -2.30. The maximum Gasteiger partial charge on any atom is 0.254 e. The molecular weight excluding hydrogens is 262 g/mol. The van der Waals surface area contributed by atoms with E-state index in [1.165, 1.54) is 12.8 Å². The van der Waals surface area contributed by atoms with Crippen molar-refractivity contribution in [2.75, 3.05) is 19.6 Å². The largest absolute Gasteiger partial charge is 0.335 e. The third-order valence-electron chi connectivity index (χ3n) is 4.34. The average molecular weight is 283 g/mol. The smallest absolute Gasteiger partial charge is 0.254 e. The lowest BCUT2D eigenvalue weighted by Crippen LogP contribution is -2.42. The topological polar surface area (TPSA) is 56.1 Å². The van der Waals surface area contributed by atoms with E-state index in [4.69, 9.17) is 5.26 Å². The van der Waals surface area contributed by atoms with Crippen molar-refractivity contribution in [2.45, 2.75) is 31.7 Å². The fourth-order valence-corrected chi connectivity index (χ4v) is 3.03. The number of rotatable bonds is 4. The van der Waals surface area contributed by atoms with Gasteiger partial charge in [0.25, 0.3) is 5.91 Å². The molecule has 0 bridgehead atoms. The molecule has 3 rings (SSSR count). The summed E-state index contributed by atoms with van der Waals surface area (Å²) in [4.78, 5) is 14.8. The number of hydrogen-bond donors (Lipinski definition) is 1. The van der Waals surface area contributed by atoms with Crippen LogP contribution in [-0.4, -0.2) is 36.5 Å². The molecule has 4 heteroatoms. The first kappa shape index (κ1) is 14.1. The second-order valence-corrected chi connectivity index (χ2v) is 6.09. The number of nitrogens with zero attached hydrogens (tertiary/aromatic N) is 2. The van der Waals surface area contributed by atoms with Gasteiger partial charge in [-0.25, -0.2) is 0 Å². The first-order valence-corrected chi connectivity index (χ1v) is 7.80. The van der Waals surface area contributed by atoms with E-state index in [0.717, 1.165) is 32.5 Å². The van der Waals surface area contributed by atoms with Crippen LogP contribution in [0.1, 0.15) is 41.6 Å². The van der Waals surface area contributed by atoms with Gasteiger partial charge in [-0.3, -0.25) is 4.79 Å². The molecule has 1 aliphatic carbocycles. The molecule has 2 aliphatic rings. The molecule has 1 unspecified atom stereocenters. The highest BCUT2D eigenvalue weighted by molar-refractivity contribution is 5.95. The first-order valence-electron chi connectivity index (χ1n) is 7.80. The van der Waals surface area contributed by atoms with Crippen LogP contribution in [0, 0.1) is 17.2 Å². The maximum absolute atomic E-state index is 12.8. The Balaban J connectivity index is 1.73. The molecule has 1 amide bonds. The van der Waals surface area contributed by atoms with Crippen molar-refractivity contribution >= 4 is 5.91 Å². The summed E-state index contributed by atoms with van der Waals surface area (Å²) >= 11 is 0. The van der Waals surface area contributed by atoms with Crippen molar-refractivity contribution < 1.29 is 4.79 Å². The quantitative estimate of drug-likeness (QED) is 0.921. The van der Waals surface area contributed by atoms with E-state index in [1.807, 2.05) is 11.0 Å². The Labute approximate surface area is 125 Å². The zero-order valence-electron chi connectivity index (χ0n) is 12.2. The van der Waals surface area contributed by atoms with Crippen molar-refractivity contribution in [3.8, 4) is 6.07 Å². The summed E-state index contributed by atoms with van der Waals surface area (Å²) in [5.41, 5.74) is 1.20. The monoisotopic (exact) mass is 283 g/mol. The van der Waals surface area contributed by atoms with Gasteiger partial charge in [-0.2, -0.15) is 5.26 Å². The molecule has 0 aromatic heterocycles. The van der Waals surface area contributed by atoms with E-state index in [0.29, 0.717) is 23.1 Å². The van der Waals surface area contributed by atoms with Gasteiger partial charge in [0.15, 0.2) is 0 Å². The lowest BCUT2D eigenvalue weighted by atomic mass is 9.98. The van der Waals surface area contributed by atoms with Gasteiger partial charge in [0.05, 0.1) is 11.6 Å². The van der Waals surface area contributed by atoms with Crippen LogP contribution in [0.25, 0.3) is 0 Å². The molecule has 0 spiro atoms. The molecule has 1 aliphatic heterocycles. The fourth-order valence-electron chi connectivity index (χ4n) is 3.03. The van der Waals surface area contributed by atoms with Gasteiger partial charge in [-0.15, -0.1) is 0 Å². The van der Waals surface area contributed by atoms with Gasteiger partial charge in [0.1, 0.15) is 0 Å². The number of hydrogen-bond acceptors (Lipinski definition) is 3. The maximum atomic E-state index is 12.8. The van der Waals surface area contributed by atoms with Gasteiger partial charge < -0.3 is 10.2 Å². The zero-order chi connectivity index (χ0) is 14.7. The van der Waals surface area contributed by atoms with Crippen molar-refractivity contribution in [3.63, 3.8) is 0 Å². The molecule has 0 radical (unpaired) electrons. The van der Waals surface area contributed by atoms with Crippen LogP contribution in [0.5, 0.6) is 0 Å². The summed E-state index contributed by atoms with van der Waals surface area (Å²) in [6, 6.07) is 9.57. The van der Waals surface area contributed by atoms with Gasteiger partial charge >= 0.3 is 0 Å². The summed E-state index contributed by atoms with van der Waals surface area (Å²) in [5, 5.41) is 12.4. The normalized spacial score (nSPS) is 21.6. The third kappa shape index (κ3) is 3.43. The first-order chi connectivity index (χ1) is 10.3. The molecule has 2 fully saturated rings. The van der Waals surface area contributed by atoms with E-state index >= 15 is 0 Å². The summed E-state index contributed by atoms with van der Waals surface area (Å²) in [5.74, 6) is 0.641. The number of amides is 1. The zero-order valence-corrected chi connectivity index (χ0v) is 12.2. The Morgan fingerprint density at radius 3 is 2.90 bits per heavy atom. The molecule has 1 saturated carbocycles. The molecule has 1 aromatic rings. The highest BCUT2D eigenvalue weighted by Gasteiger charge is 2.34. The molecule has 1 aromatic carbocycles. The fraction of sp³-hybridized carbons (Fsp3) is 0.529. The molecule has 110 valence electrons. The minimum Gasteiger partial charge on any atom is -0.335 e. The number of carbonyl (C=O) groups excluding carboxylic acids is 1. The molecule has 21 heavy (non-hydrogen) atoms. The van der Waals surface area contributed by atoms with Gasteiger partial charge in [0.2, 0.25) is 0 Å². The number of piperidine rings is 1. The standard InChI is InChI=1S/C17H21N3O/c18-10-13-3-1-5-15(9-13)17(21)20(16-6-7-16)12-14-4-2-8-19-11-14/h1,3,5,9,14,16,19H,2,4,6-8,11-12H2. The number of nitrogens with one attached hydrogen (secondary N) is 1. The molecule has 1 N–H and O–H groups in total. The van der Waals surface area contributed by atoms with E-state index < -0.39 is 0 Å². The van der Waals surface area contributed by atoms with Crippen LogP contribution in [0.15, 0.2) is 24.3 Å². The Bertz CT molecular complexity index is 553. The second kappa shape index (κ2) is 6.28. The third-order valence-corrected chi connectivity index (χ3v) is 4.34. The highest BCUT2D eigenvalue weighted by atomic mass is 16.2. The van der Waals surface area contributed by atoms with Gasteiger partial charge in [-0.1, -0.05) is 6.07 Å². The summed E-state index contributed by atoms with van der Waals surface area (Å²) in [6.07, 6.45) is 4.62. The van der Waals surface area contributed by atoms with Gasteiger partial charge in [0, 0.05) is 18.2 Å². The SMILES string of the molecule is N#Cc1cccc(C(=O)N(CC2CCCNC2)C2CC2)c1. The lowest BCUT2D eigenvalue weighted by molar-refractivity contribution is 0.0704. The summed E-state index contributed by atoms with van der Waals surface area (Å²) < 4.78 is 0. The Morgan fingerprint density at radius 1 is 1.38 bits per heavy atom. The van der Waals surface area contributed by atoms with Crippen molar-refractivity contribution in [1.82, 2.24) is 10.2 Å². The molecular formula is C17H21N3O. The number of nitriles is 1. The summed E-state index contributed by atoms with van der Waals surface area (Å²) in [6.45, 7) is 2.94. The summed E-state index contributed by atoms with van der Waals surface area (Å²) in [7, 11) is 0. The van der Waals surface area contributed by atoms with Gasteiger partial charge in [-0.05, 0) is 62.9 Å². The Kier molecular flexibility index (Phi) is 4.21. The second-order valence-electron chi connectivity index (χ2n) is 6.09. The average Bonchev–Trinajstić information content (AvgIpc) is 3.38. The number of carbonyl (C=O) groups is 1. The van der Waals surface area contributed by atoms with Crippen LogP contribution >= 0.6 is 0 Å². The minimum atomic E-state index is 0.0835. The van der Waals surface area contributed by atoms with Crippen molar-refractivity contribution in [1.29, 1.82) is 5.26 Å². The Hall–Kier alpha value is -1.86. The van der Waals surface area contributed by atoms with E-state index in [9.17, 15) is 4.79 Å². The molecule has 1 atom stereocenters.